The first-order valence-electron chi connectivity index (χ1n) is 7.22. The lowest BCUT2D eigenvalue weighted by atomic mass is 10.1. The second-order valence-corrected chi connectivity index (χ2v) is 5.18. The van der Waals surface area contributed by atoms with Gasteiger partial charge in [0.25, 0.3) is 0 Å². The molecule has 110 valence electrons. The number of halogens is 1. The van der Waals surface area contributed by atoms with Gasteiger partial charge in [-0.2, -0.15) is 0 Å². The van der Waals surface area contributed by atoms with Gasteiger partial charge in [-0.1, -0.05) is 37.3 Å². The van der Waals surface area contributed by atoms with Crippen LogP contribution < -0.4 is 5.32 Å². The molecule has 0 unspecified atom stereocenters. The molecule has 2 aromatic rings. The van der Waals surface area contributed by atoms with E-state index in [9.17, 15) is 9.18 Å². The van der Waals surface area contributed by atoms with Crippen molar-refractivity contribution in [2.75, 3.05) is 5.32 Å². The molecule has 0 aromatic heterocycles. The normalized spacial score (nSPS) is 10.4. The molecule has 3 heteroatoms. The first kappa shape index (κ1) is 15.2. The maximum Gasteiger partial charge on any atom is 0.224 e. The minimum absolute atomic E-state index is 0.0942. The van der Waals surface area contributed by atoms with Gasteiger partial charge in [0, 0.05) is 12.1 Å². The lowest BCUT2D eigenvalue weighted by Crippen LogP contribution is -2.13. The Labute approximate surface area is 125 Å². The third-order valence-corrected chi connectivity index (χ3v) is 3.55. The number of hydrogen-bond acceptors (Lipinski definition) is 1. The van der Waals surface area contributed by atoms with Gasteiger partial charge in [-0.15, -0.1) is 0 Å². The van der Waals surface area contributed by atoms with Crippen LogP contribution in [-0.4, -0.2) is 5.91 Å². The van der Waals surface area contributed by atoms with E-state index in [4.69, 9.17) is 0 Å². The highest BCUT2D eigenvalue weighted by Crippen LogP contribution is 2.16. The van der Waals surface area contributed by atoms with Gasteiger partial charge in [-0.05, 0) is 48.6 Å². The Morgan fingerprint density at radius 2 is 1.76 bits per heavy atom. The molecule has 0 radical (unpaired) electrons. The van der Waals surface area contributed by atoms with Crippen molar-refractivity contribution < 1.29 is 9.18 Å². The van der Waals surface area contributed by atoms with Crippen LogP contribution in [0.4, 0.5) is 10.1 Å². The van der Waals surface area contributed by atoms with Crippen molar-refractivity contribution in [1.82, 2.24) is 0 Å². The summed E-state index contributed by atoms with van der Waals surface area (Å²) in [5, 5.41) is 2.76. The van der Waals surface area contributed by atoms with E-state index in [2.05, 4.69) is 36.5 Å². The maximum atomic E-state index is 13.2. The van der Waals surface area contributed by atoms with E-state index < -0.39 is 0 Å². The van der Waals surface area contributed by atoms with E-state index in [1.165, 1.54) is 17.7 Å². The van der Waals surface area contributed by atoms with Crippen LogP contribution in [0.2, 0.25) is 0 Å². The number of benzene rings is 2. The Bertz CT molecular complexity index is 620. The van der Waals surface area contributed by atoms with Crippen molar-refractivity contribution in [3.63, 3.8) is 0 Å². The van der Waals surface area contributed by atoms with Crippen molar-refractivity contribution in [1.29, 1.82) is 0 Å². The molecule has 0 saturated carbocycles. The van der Waals surface area contributed by atoms with Gasteiger partial charge in [0.2, 0.25) is 5.91 Å². The van der Waals surface area contributed by atoms with Gasteiger partial charge in [0.05, 0.1) is 0 Å². The summed E-state index contributed by atoms with van der Waals surface area (Å²) in [5.74, 6) is -0.436. The molecule has 0 spiro atoms. The topological polar surface area (TPSA) is 29.1 Å². The first-order chi connectivity index (χ1) is 10.1. The molecule has 2 rings (SSSR count). The van der Waals surface area contributed by atoms with Crippen molar-refractivity contribution >= 4 is 11.6 Å². The summed E-state index contributed by atoms with van der Waals surface area (Å²) in [6.07, 6.45) is 2.09. The molecule has 0 heterocycles. The van der Waals surface area contributed by atoms with E-state index in [0.29, 0.717) is 18.5 Å². The highest BCUT2D eigenvalue weighted by atomic mass is 19.1. The van der Waals surface area contributed by atoms with Crippen molar-refractivity contribution in [3.8, 4) is 0 Å². The zero-order valence-corrected chi connectivity index (χ0v) is 12.4. The Morgan fingerprint density at radius 1 is 1.10 bits per heavy atom. The molecule has 0 bridgehead atoms. The Kier molecular flexibility index (Phi) is 5.09. The molecule has 0 aliphatic carbocycles. The number of rotatable bonds is 5. The number of aryl methyl sites for hydroxylation is 3. The molecule has 2 aromatic carbocycles. The Hall–Kier alpha value is -2.16. The van der Waals surface area contributed by atoms with Crippen molar-refractivity contribution in [3.05, 3.63) is 65.0 Å². The highest BCUT2D eigenvalue weighted by Gasteiger charge is 2.06. The quantitative estimate of drug-likeness (QED) is 0.873. The molecule has 0 atom stereocenters. The predicted molar refractivity (Wildman–Crippen MR) is 83.9 cm³/mol. The number of carbonyl (C=O) groups excluding carboxylic acids is 1. The summed E-state index contributed by atoms with van der Waals surface area (Å²) in [5.41, 5.74) is 3.83. The smallest absolute Gasteiger partial charge is 0.224 e. The van der Waals surface area contributed by atoms with Crippen LogP contribution in [0.15, 0.2) is 42.5 Å². The molecule has 1 amide bonds. The van der Waals surface area contributed by atoms with Crippen LogP contribution in [-0.2, 0) is 17.6 Å². The van der Waals surface area contributed by atoms with Crippen LogP contribution in [0.5, 0.6) is 0 Å². The number of nitrogens with one attached hydrogen (secondary N) is 1. The van der Waals surface area contributed by atoms with E-state index in [1.54, 1.807) is 6.07 Å². The van der Waals surface area contributed by atoms with E-state index in [0.717, 1.165) is 17.5 Å². The van der Waals surface area contributed by atoms with Crippen LogP contribution in [0.25, 0.3) is 0 Å². The van der Waals surface area contributed by atoms with Crippen LogP contribution in [0.3, 0.4) is 0 Å². The molecule has 1 N–H and O–H groups in total. The number of carbonyl (C=O) groups is 1. The zero-order valence-electron chi connectivity index (χ0n) is 12.4. The van der Waals surface area contributed by atoms with Crippen LogP contribution in [0.1, 0.15) is 30.0 Å². The second kappa shape index (κ2) is 7.02. The van der Waals surface area contributed by atoms with E-state index >= 15 is 0 Å². The maximum absolute atomic E-state index is 13.2. The number of hydrogen-bond donors (Lipinski definition) is 1. The molecule has 0 aliphatic heterocycles. The summed E-state index contributed by atoms with van der Waals surface area (Å²) in [6.45, 7) is 3.96. The minimum atomic E-state index is -0.342. The summed E-state index contributed by atoms with van der Waals surface area (Å²) < 4.78 is 13.2. The lowest BCUT2D eigenvalue weighted by Gasteiger charge is -2.08. The van der Waals surface area contributed by atoms with Crippen LogP contribution >= 0.6 is 0 Å². The summed E-state index contributed by atoms with van der Waals surface area (Å²) in [4.78, 5) is 11.9. The standard InChI is InChI=1S/C18H20FNO/c1-3-14-5-7-15(8-6-14)9-11-18(21)20-17-12-16(19)10-4-13(17)2/h4-8,10,12H,3,9,11H2,1-2H3,(H,20,21). The molecular formula is C18H20FNO. The van der Waals surface area contributed by atoms with Gasteiger partial charge in [0.1, 0.15) is 5.82 Å². The molecule has 0 fully saturated rings. The molecule has 2 nitrogen and oxygen atoms in total. The van der Waals surface area contributed by atoms with E-state index in [-0.39, 0.29) is 11.7 Å². The zero-order chi connectivity index (χ0) is 15.2. The number of anilines is 1. The SMILES string of the molecule is CCc1ccc(CCC(=O)Nc2cc(F)ccc2C)cc1. The molecule has 0 saturated heterocycles. The monoisotopic (exact) mass is 285 g/mol. The summed E-state index contributed by atoms with van der Waals surface area (Å²) in [7, 11) is 0. The van der Waals surface area contributed by atoms with Gasteiger partial charge in [-0.3, -0.25) is 4.79 Å². The second-order valence-electron chi connectivity index (χ2n) is 5.18. The molecule has 21 heavy (non-hydrogen) atoms. The van der Waals surface area contributed by atoms with Crippen LogP contribution in [0, 0.1) is 12.7 Å². The van der Waals surface area contributed by atoms with Gasteiger partial charge >= 0.3 is 0 Å². The average molecular weight is 285 g/mol. The fraction of sp³-hybridized carbons (Fsp3) is 0.278. The third kappa shape index (κ3) is 4.42. The van der Waals surface area contributed by atoms with E-state index in [1.807, 2.05) is 6.92 Å². The van der Waals surface area contributed by atoms with Gasteiger partial charge in [-0.25, -0.2) is 4.39 Å². The fourth-order valence-electron chi connectivity index (χ4n) is 2.14. The Morgan fingerprint density at radius 3 is 2.43 bits per heavy atom. The lowest BCUT2D eigenvalue weighted by molar-refractivity contribution is -0.116. The third-order valence-electron chi connectivity index (χ3n) is 3.55. The first-order valence-corrected chi connectivity index (χ1v) is 7.22. The van der Waals surface area contributed by atoms with Crippen molar-refractivity contribution in [2.24, 2.45) is 0 Å². The van der Waals surface area contributed by atoms with Gasteiger partial charge in [0.15, 0.2) is 0 Å². The van der Waals surface area contributed by atoms with Crippen molar-refractivity contribution in [2.45, 2.75) is 33.1 Å². The average Bonchev–Trinajstić information content (AvgIpc) is 2.49. The largest absolute Gasteiger partial charge is 0.326 e. The summed E-state index contributed by atoms with van der Waals surface area (Å²) in [6, 6.07) is 12.7. The number of amides is 1. The Balaban J connectivity index is 1.91. The summed E-state index contributed by atoms with van der Waals surface area (Å²) >= 11 is 0. The predicted octanol–water partition coefficient (Wildman–Crippen LogP) is 4.27. The highest BCUT2D eigenvalue weighted by molar-refractivity contribution is 5.91. The molecular weight excluding hydrogens is 265 g/mol. The van der Waals surface area contributed by atoms with Gasteiger partial charge < -0.3 is 5.32 Å². The minimum Gasteiger partial charge on any atom is -0.326 e. The fourth-order valence-corrected chi connectivity index (χ4v) is 2.14. The molecule has 0 aliphatic rings.